The van der Waals surface area contributed by atoms with Crippen molar-refractivity contribution in [3.8, 4) is 11.8 Å². The predicted molar refractivity (Wildman–Crippen MR) is 71.7 cm³/mol. The molecule has 0 saturated heterocycles. The average Bonchev–Trinajstić information content (AvgIpc) is 2.81. The molecule has 1 aromatic carbocycles. The Balaban J connectivity index is 2.15. The van der Waals surface area contributed by atoms with Gasteiger partial charge in [-0.1, -0.05) is 11.8 Å². The second kappa shape index (κ2) is 5.57. The van der Waals surface area contributed by atoms with Crippen molar-refractivity contribution < 1.29 is 14.3 Å². The van der Waals surface area contributed by atoms with E-state index in [1.807, 2.05) is 18.2 Å². The third-order valence-corrected chi connectivity index (χ3v) is 3.05. The molecule has 0 fully saturated rings. The van der Waals surface area contributed by atoms with Gasteiger partial charge in [-0.3, -0.25) is 9.59 Å². The molecule has 1 amide bonds. The largest absolute Gasteiger partial charge is 0.468 e. The zero-order valence-corrected chi connectivity index (χ0v) is 11.0. The average molecular weight is 257 g/mol. The number of nitrogens with zero attached hydrogens (tertiary/aromatic N) is 1. The summed E-state index contributed by atoms with van der Waals surface area (Å²) in [6.45, 7) is 2.29. The summed E-state index contributed by atoms with van der Waals surface area (Å²) in [7, 11) is 1.34. The van der Waals surface area contributed by atoms with Crippen LogP contribution in [-0.4, -0.2) is 25.5 Å². The maximum absolute atomic E-state index is 11.4. The summed E-state index contributed by atoms with van der Waals surface area (Å²) in [5, 5.41) is 0. The highest BCUT2D eigenvalue weighted by molar-refractivity contribution is 5.93. The highest BCUT2D eigenvalue weighted by Gasteiger charge is 2.21. The number of hydrogen-bond acceptors (Lipinski definition) is 3. The number of amides is 1. The van der Waals surface area contributed by atoms with Crippen LogP contribution in [0.4, 0.5) is 5.69 Å². The fourth-order valence-electron chi connectivity index (χ4n) is 2.10. The number of ether oxygens (including phenoxy) is 1. The number of esters is 1. The fraction of sp³-hybridized carbons (Fsp3) is 0.333. The van der Waals surface area contributed by atoms with Crippen LogP contribution in [0, 0.1) is 11.8 Å². The van der Waals surface area contributed by atoms with Crippen LogP contribution in [0.15, 0.2) is 18.2 Å². The number of anilines is 1. The molecule has 0 N–H and O–H groups in total. The quantitative estimate of drug-likeness (QED) is 0.566. The van der Waals surface area contributed by atoms with Gasteiger partial charge < -0.3 is 9.64 Å². The summed E-state index contributed by atoms with van der Waals surface area (Å²) in [5.74, 6) is 5.42. The highest BCUT2D eigenvalue weighted by Crippen LogP contribution is 2.28. The van der Waals surface area contributed by atoms with Gasteiger partial charge in [0.2, 0.25) is 5.91 Å². The van der Waals surface area contributed by atoms with Crippen LogP contribution < -0.4 is 4.90 Å². The maximum Gasteiger partial charge on any atom is 0.317 e. The molecule has 1 aliphatic rings. The molecule has 2 rings (SSSR count). The van der Waals surface area contributed by atoms with Crippen molar-refractivity contribution in [2.75, 3.05) is 18.6 Å². The molecular weight excluding hydrogens is 242 g/mol. The Morgan fingerprint density at radius 3 is 2.89 bits per heavy atom. The first kappa shape index (κ1) is 13.2. The number of benzene rings is 1. The Labute approximate surface area is 112 Å². The minimum atomic E-state index is -0.337. The van der Waals surface area contributed by atoms with E-state index in [1.54, 1.807) is 11.8 Å². The van der Waals surface area contributed by atoms with Gasteiger partial charge in [-0.25, -0.2) is 0 Å². The first-order valence-electron chi connectivity index (χ1n) is 6.08. The SMILES string of the molecule is COC(=O)CC#Cc1ccc2c(c1)CCN2C(C)=O. The minimum absolute atomic E-state index is 0.0586. The van der Waals surface area contributed by atoms with E-state index in [0.29, 0.717) is 0 Å². The zero-order valence-electron chi connectivity index (χ0n) is 11.0. The Kier molecular flexibility index (Phi) is 3.86. The molecule has 1 aliphatic heterocycles. The molecule has 0 radical (unpaired) electrons. The molecule has 98 valence electrons. The van der Waals surface area contributed by atoms with Crippen LogP contribution in [-0.2, 0) is 20.7 Å². The van der Waals surface area contributed by atoms with Gasteiger partial charge in [0.05, 0.1) is 7.11 Å². The van der Waals surface area contributed by atoms with Crippen molar-refractivity contribution in [3.05, 3.63) is 29.3 Å². The van der Waals surface area contributed by atoms with Gasteiger partial charge in [0, 0.05) is 24.7 Å². The summed E-state index contributed by atoms with van der Waals surface area (Å²) in [4.78, 5) is 24.1. The van der Waals surface area contributed by atoms with Crippen molar-refractivity contribution in [1.82, 2.24) is 0 Å². The van der Waals surface area contributed by atoms with E-state index < -0.39 is 0 Å². The summed E-state index contributed by atoms with van der Waals surface area (Å²) >= 11 is 0. The molecule has 0 unspecified atom stereocenters. The molecule has 0 spiro atoms. The predicted octanol–water partition coefficient (Wildman–Crippen LogP) is 1.51. The van der Waals surface area contributed by atoms with E-state index in [4.69, 9.17) is 0 Å². The Bertz CT molecular complexity index is 581. The summed E-state index contributed by atoms with van der Waals surface area (Å²) in [5.41, 5.74) is 2.94. The number of hydrogen-bond donors (Lipinski definition) is 0. The third kappa shape index (κ3) is 2.94. The molecule has 1 heterocycles. The number of carbonyl (C=O) groups excluding carboxylic acids is 2. The molecule has 19 heavy (non-hydrogen) atoms. The lowest BCUT2D eigenvalue weighted by Gasteiger charge is -2.14. The standard InChI is InChI=1S/C15H15NO3/c1-11(17)16-9-8-13-10-12(6-7-14(13)16)4-3-5-15(18)19-2/h6-7,10H,5,8-9H2,1-2H3. The topological polar surface area (TPSA) is 46.6 Å². The smallest absolute Gasteiger partial charge is 0.317 e. The fourth-order valence-corrected chi connectivity index (χ4v) is 2.10. The van der Waals surface area contributed by atoms with E-state index in [9.17, 15) is 9.59 Å². The number of rotatable bonds is 1. The maximum atomic E-state index is 11.4. The molecule has 0 aromatic heterocycles. The molecule has 0 aliphatic carbocycles. The van der Waals surface area contributed by atoms with Gasteiger partial charge in [0.25, 0.3) is 0 Å². The van der Waals surface area contributed by atoms with E-state index in [0.717, 1.165) is 29.8 Å². The molecule has 4 heteroatoms. The lowest BCUT2D eigenvalue weighted by Crippen LogP contribution is -2.25. The zero-order chi connectivity index (χ0) is 13.8. The molecule has 1 aromatic rings. The van der Waals surface area contributed by atoms with Crippen LogP contribution in [0.25, 0.3) is 0 Å². The normalized spacial score (nSPS) is 12.4. The van der Waals surface area contributed by atoms with Gasteiger partial charge in [0.1, 0.15) is 6.42 Å². The van der Waals surface area contributed by atoms with Gasteiger partial charge in [-0.2, -0.15) is 0 Å². The number of methoxy groups -OCH3 is 1. The Hall–Kier alpha value is -2.28. The van der Waals surface area contributed by atoms with Gasteiger partial charge in [-0.15, -0.1) is 0 Å². The summed E-state index contributed by atoms with van der Waals surface area (Å²) < 4.78 is 4.52. The molecule has 0 bridgehead atoms. The molecular formula is C15H15NO3. The van der Waals surface area contributed by atoms with Crippen molar-refractivity contribution >= 4 is 17.6 Å². The van der Waals surface area contributed by atoms with Crippen LogP contribution in [0.3, 0.4) is 0 Å². The number of carbonyl (C=O) groups is 2. The van der Waals surface area contributed by atoms with E-state index >= 15 is 0 Å². The second-order valence-corrected chi connectivity index (χ2v) is 4.32. The lowest BCUT2D eigenvalue weighted by molar-refractivity contribution is -0.139. The van der Waals surface area contributed by atoms with Crippen molar-refractivity contribution in [1.29, 1.82) is 0 Å². The molecule has 4 nitrogen and oxygen atoms in total. The summed E-state index contributed by atoms with van der Waals surface area (Å²) in [6.07, 6.45) is 0.939. The third-order valence-electron chi connectivity index (χ3n) is 3.05. The van der Waals surface area contributed by atoms with Crippen LogP contribution in [0.1, 0.15) is 24.5 Å². The number of fused-ring (bicyclic) bond motifs is 1. The van der Waals surface area contributed by atoms with Crippen LogP contribution in [0.5, 0.6) is 0 Å². The molecule has 0 atom stereocenters. The van der Waals surface area contributed by atoms with Gasteiger partial charge in [-0.05, 0) is 30.2 Å². The van der Waals surface area contributed by atoms with E-state index in [1.165, 1.54) is 7.11 Å². The van der Waals surface area contributed by atoms with Crippen molar-refractivity contribution in [2.45, 2.75) is 19.8 Å². The minimum Gasteiger partial charge on any atom is -0.468 e. The Morgan fingerprint density at radius 1 is 1.42 bits per heavy atom. The van der Waals surface area contributed by atoms with Crippen LogP contribution >= 0.6 is 0 Å². The second-order valence-electron chi connectivity index (χ2n) is 4.32. The first-order valence-corrected chi connectivity index (χ1v) is 6.08. The summed E-state index contributed by atoms with van der Waals surface area (Å²) in [6, 6.07) is 5.75. The van der Waals surface area contributed by atoms with Crippen molar-refractivity contribution in [2.24, 2.45) is 0 Å². The highest BCUT2D eigenvalue weighted by atomic mass is 16.5. The molecule has 0 saturated carbocycles. The van der Waals surface area contributed by atoms with E-state index in [2.05, 4.69) is 16.6 Å². The van der Waals surface area contributed by atoms with Gasteiger partial charge >= 0.3 is 5.97 Å². The van der Waals surface area contributed by atoms with Crippen molar-refractivity contribution in [3.63, 3.8) is 0 Å². The van der Waals surface area contributed by atoms with Gasteiger partial charge in [0.15, 0.2) is 0 Å². The van der Waals surface area contributed by atoms with E-state index in [-0.39, 0.29) is 18.3 Å². The lowest BCUT2D eigenvalue weighted by atomic mass is 10.1. The first-order chi connectivity index (χ1) is 9.11. The Morgan fingerprint density at radius 2 is 2.21 bits per heavy atom. The monoisotopic (exact) mass is 257 g/mol. The van der Waals surface area contributed by atoms with Crippen LogP contribution in [0.2, 0.25) is 0 Å².